The molecule has 1 radical (unpaired) electrons. The van der Waals surface area contributed by atoms with Gasteiger partial charge in [0.2, 0.25) is 5.91 Å². The minimum atomic E-state index is -0.240. The second kappa shape index (κ2) is 3.45. The van der Waals surface area contributed by atoms with Gasteiger partial charge in [-0.1, -0.05) is 0 Å². The predicted molar refractivity (Wildman–Crippen MR) is 36.6 cm³/mol. The summed E-state index contributed by atoms with van der Waals surface area (Å²) in [5.74, 6) is -0.240. The number of hydrogen-bond donors (Lipinski definition) is 1. The fourth-order valence-corrected chi connectivity index (χ4v) is 0.362. The van der Waals surface area contributed by atoms with Crippen molar-refractivity contribution >= 4 is 5.91 Å². The average Bonchev–Trinajstić information content (AvgIpc) is 1.63. The zero-order chi connectivity index (χ0) is 7.44. The lowest BCUT2D eigenvalue weighted by Gasteiger charge is -2.19. The van der Waals surface area contributed by atoms with Gasteiger partial charge in [0.25, 0.3) is 0 Å². The summed E-state index contributed by atoms with van der Waals surface area (Å²) < 4.78 is 0. The highest BCUT2D eigenvalue weighted by atomic mass is 16.1. The Kier molecular flexibility index (Phi) is 3.24. The van der Waals surface area contributed by atoms with Gasteiger partial charge in [-0.05, 0) is 21.0 Å². The van der Waals surface area contributed by atoms with Gasteiger partial charge in [-0.15, -0.1) is 0 Å². The molecule has 0 aromatic rings. The number of amides is 1. The van der Waals surface area contributed by atoms with E-state index in [1.165, 1.54) is 0 Å². The Labute approximate surface area is 56.0 Å². The fourth-order valence-electron chi connectivity index (χ4n) is 0.362. The Morgan fingerprint density at radius 1 is 1.67 bits per heavy atom. The summed E-state index contributed by atoms with van der Waals surface area (Å²) in [5.41, 5.74) is 0. The molecule has 0 heterocycles. The SMILES string of the molecule is [CH2]C(=O)NC(C)N(C)C. The van der Waals surface area contributed by atoms with Gasteiger partial charge in [-0.2, -0.15) is 0 Å². The maximum absolute atomic E-state index is 10.3. The van der Waals surface area contributed by atoms with Crippen LogP contribution in [0.1, 0.15) is 6.92 Å². The van der Waals surface area contributed by atoms with E-state index in [-0.39, 0.29) is 12.1 Å². The Hall–Kier alpha value is -0.570. The Bertz CT molecular complexity index is 101. The van der Waals surface area contributed by atoms with Crippen molar-refractivity contribution < 1.29 is 4.79 Å². The molecule has 0 aliphatic heterocycles. The molecule has 0 bridgehead atoms. The molecule has 0 spiro atoms. The topological polar surface area (TPSA) is 32.3 Å². The predicted octanol–water partition coefficient (Wildman–Crippen LogP) is -0.156. The van der Waals surface area contributed by atoms with E-state index in [1.807, 2.05) is 25.9 Å². The fraction of sp³-hybridized carbons (Fsp3) is 0.667. The van der Waals surface area contributed by atoms with Gasteiger partial charge >= 0.3 is 0 Å². The van der Waals surface area contributed by atoms with Gasteiger partial charge in [0.05, 0.1) is 6.17 Å². The third-order valence-corrected chi connectivity index (χ3v) is 1.14. The largest absolute Gasteiger partial charge is 0.341 e. The molecule has 1 unspecified atom stereocenters. The first-order chi connectivity index (χ1) is 4.04. The molecule has 0 aromatic heterocycles. The highest BCUT2D eigenvalue weighted by Crippen LogP contribution is 1.83. The van der Waals surface area contributed by atoms with Crippen LogP contribution in [0.25, 0.3) is 0 Å². The first kappa shape index (κ1) is 8.43. The van der Waals surface area contributed by atoms with Crippen molar-refractivity contribution in [3.63, 3.8) is 0 Å². The molecule has 0 rings (SSSR count). The highest BCUT2D eigenvalue weighted by molar-refractivity contribution is 5.80. The Balaban J connectivity index is 3.50. The van der Waals surface area contributed by atoms with Crippen molar-refractivity contribution in [2.45, 2.75) is 13.1 Å². The molecule has 0 aliphatic rings. The van der Waals surface area contributed by atoms with Crippen LogP contribution in [0.3, 0.4) is 0 Å². The molecule has 9 heavy (non-hydrogen) atoms. The number of rotatable bonds is 2. The Morgan fingerprint density at radius 2 is 2.11 bits per heavy atom. The molecule has 1 atom stereocenters. The van der Waals surface area contributed by atoms with Crippen LogP contribution in [0.4, 0.5) is 0 Å². The maximum atomic E-state index is 10.3. The van der Waals surface area contributed by atoms with Crippen molar-refractivity contribution in [3.8, 4) is 0 Å². The molecular weight excluding hydrogens is 116 g/mol. The maximum Gasteiger partial charge on any atom is 0.221 e. The molecule has 53 valence electrons. The van der Waals surface area contributed by atoms with E-state index in [4.69, 9.17) is 0 Å². The number of nitrogens with one attached hydrogen (secondary N) is 1. The molecule has 1 amide bonds. The van der Waals surface area contributed by atoms with Crippen LogP contribution < -0.4 is 5.32 Å². The van der Waals surface area contributed by atoms with Gasteiger partial charge in [0.1, 0.15) is 0 Å². The molecule has 0 aliphatic carbocycles. The normalized spacial score (nSPS) is 13.4. The zero-order valence-electron chi connectivity index (χ0n) is 6.14. The summed E-state index contributed by atoms with van der Waals surface area (Å²) in [5, 5.41) is 2.62. The molecule has 0 saturated heterocycles. The van der Waals surface area contributed by atoms with E-state index in [0.29, 0.717) is 0 Å². The lowest BCUT2D eigenvalue weighted by molar-refractivity contribution is -0.118. The first-order valence-electron chi connectivity index (χ1n) is 2.83. The van der Waals surface area contributed by atoms with E-state index in [0.717, 1.165) is 0 Å². The second-order valence-electron chi connectivity index (χ2n) is 2.21. The van der Waals surface area contributed by atoms with Gasteiger partial charge in [0, 0.05) is 6.92 Å². The minimum absolute atomic E-state index is 0.0648. The Morgan fingerprint density at radius 3 is 2.22 bits per heavy atom. The third-order valence-electron chi connectivity index (χ3n) is 1.14. The van der Waals surface area contributed by atoms with E-state index >= 15 is 0 Å². The summed E-state index contributed by atoms with van der Waals surface area (Å²) in [4.78, 5) is 12.2. The van der Waals surface area contributed by atoms with Crippen LogP contribution in [0, 0.1) is 6.92 Å². The average molecular weight is 129 g/mol. The van der Waals surface area contributed by atoms with Crippen LogP contribution in [0.2, 0.25) is 0 Å². The number of carbonyl (C=O) groups excluding carboxylic acids is 1. The van der Waals surface area contributed by atoms with Crippen molar-refractivity contribution in [2.24, 2.45) is 0 Å². The third kappa shape index (κ3) is 3.97. The quantitative estimate of drug-likeness (QED) is 0.526. The molecular formula is C6H13N2O. The first-order valence-corrected chi connectivity index (χ1v) is 2.83. The van der Waals surface area contributed by atoms with Gasteiger partial charge in [-0.25, -0.2) is 0 Å². The van der Waals surface area contributed by atoms with E-state index in [1.54, 1.807) is 0 Å². The summed E-state index contributed by atoms with van der Waals surface area (Å²) in [7, 11) is 3.78. The van der Waals surface area contributed by atoms with Crippen LogP contribution in [0.5, 0.6) is 0 Å². The van der Waals surface area contributed by atoms with Crippen molar-refractivity contribution in [1.82, 2.24) is 10.2 Å². The zero-order valence-corrected chi connectivity index (χ0v) is 6.14. The van der Waals surface area contributed by atoms with E-state index in [9.17, 15) is 4.79 Å². The number of hydrogen-bond acceptors (Lipinski definition) is 2. The standard InChI is InChI=1S/C6H13N2O/c1-5(8(3)4)7-6(2)9/h5H,2H2,1,3-4H3,(H,7,9). The van der Waals surface area contributed by atoms with Crippen LogP contribution in [-0.2, 0) is 4.79 Å². The van der Waals surface area contributed by atoms with Crippen molar-refractivity contribution in [1.29, 1.82) is 0 Å². The molecule has 0 fully saturated rings. The molecule has 3 heteroatoms. The summed E-state index contributed by atoms with van der Waals surface area (Å²) in [6.07, 6.45) is 0.0648. The van der Waals surface area contributed by atoms with Gasteiger partial charge in [0.15, 0.2) is 0 Å². The molecule has 0 aromatic carbocycles. The highest BCUT2D eigenvalue weighted by Gasteiger charge is 2.02. The summed E-state index contributed by atoms with van der Waals surface area (Å²) in [6.45, 7) is 5.08. The monoisotopic (exact) mass is 129 g/mol. The van der Waals surface area contributed by atoms with Crippen molar-refractivity contribution in [2.75, 3.05) is 14.1 Å². The molecule has 0 saturated carbocycles. The minimum Gasteiger partial charge on any atom is -0.341 e. The second-order valence-corrected chi connectivity index (χ2v) is 2.21. The van der Waals surface area contributed by atoms with Crippen molar-refractivity contribution in [3.05, 3.63) is 6.92 Å². The van der Waals surface area contributed by atoms with E-state index < -0.39 is 0 Å². The van der Waals surface area contributed by atoms with Crippen LogP contribution >= 0.6 is 0 Å². The smallest absolute Gasteiger partial charge is 0.221 e. The lowest BCUT2D eigenvalue weighted by atomic mass is 10.5. The summed E-state index contributed by atoms with van der Waals surface area (Å²) >= 11 is 0. The van der Waals surface area contributed by atoms with Crippen LogP contribution in [0.15, 0.2) is 0 Å². The summed E-state index contributed by atoms with van der Waals surface area (Å²) in [6, 6.07) is 0. The number of carbonyl (C=O) groups is 1. The van der Waals surface area contributed by atoms with Gasteiger partial charge in [-0.3, -0.25) is 9.69 Å². The van der Waals surface area contributed by atoms with Gasteiger partial charge < -0.3 is 5.32 Å². The number of nitrogens with zero attached hydrogens (tertiary/aromatic N) is 1. The molecule has 1 N–H and O–H groups in total. The lowest BCUT2D eigenvalue weighted by Crippen LogP contribution is -2.41. The van der Waals surface area contributed by atoms with Crippen LogP contribution in [-0.4, -0.2) is 31.1 Å². The molecule has 3 nitrogen and oxygen atoms in total. The van der Waals surface area contributed by atoms with E-state index in [2.05, 4.69) is 12.2 Å².